The van der Waals surface area contributed by atoms with Crippen LogP contribution >= 0.6 is 24.7 Å². The van der Waals surface area contributed by atoms with Crippen molar-refractivity contribution in [3.05, 3.63) is 83.6 Å². The van der Waals surface area contributed by atoms with Crippen LogP contribution in [0.1, 0.15) is 71.4 Å². The van der Waals surface area contributed by atoms with Crippen molar-refractivity contribution in [2.45, 2.75) is 80.9 Å². The number of rotatable bonds is 11. The highest BCUT2D eigenvalue weighted by atomic mass is 32.2. The third-order valence-corrected chi connectivity index (χ3v) is 8.84. The van der Waals surface area contributed by atoms with Crippen molar-refractivity contribution in [3.8, 4) is 0 Å². The minimum Gasteiger partial charge on any atom is -0.344 e. The molecule has 2 aliphatic heterocycles. The van der Waals surface area contributed by atoms with Crippen molar-refractivity contribution in [2.75, 3.05) is 18.0 Å². The van der Waals surface area contributed by atoms with Crippen LogP contribution < -0.4 is 4.90 Å². The van der Waals surface area contributed by atoms with E-state index in [1.807, 2.05) is 6.07 Å². The van der Waals surface area contributed by atoms with Gasteiger partial charge in [0, 0.05) is 75.7 Å². The Balaban J connectivity index is 1.60. The van der Waals surface area contributed by atoms with Gasteiger partial charge in [0.2, 0.25) is 5.69 Å². The Morgan fingerprint density at radius 3 is 2.49 bits per heavy atom. The number of benzene rings is 2. The van der Waals surface area contributed by atoms with Crippen LogP contribution in [0, 0.1) is 0 Å². The maximum atomic E-state index is 10.7. The van der Waals surface area contributed by atoms with Gasteiger partial charge in [-0.15, -0.1) is 12.6 Å². The highest BCUT2D eigenvalue weighted by Gasteiger charge is 2.44. The Hall–Kier alpha value is -2.54. The summed E-state index contributed by atoms with van der Waals surface area (Å²) in [6.07, 6.45) is 15.5. The van der Waals surface area contributed by atoms with Crippen LogP contribution in [0.2, 0.25) is 0 Å². The molecule has 2 aromatic rings. The molecule has 39 heavy (non-hydrogen) atoms. The fraction of sp³-hybridized carbons (Fsp3) is 0.394. The van der Waals surface area contributed by atoms with Crippen LogP contribution in [0.3, 0.4) is 0 Å². The van der Waals surface area contributed by atoms with E-state index >= 15 is 0 Å². The summed E-state index contributed by atoms with van der Waals surface area (Å²) in [5.41, 5.74) is 7.26. The van der Waals surface area contributed by atoms with Gasteiger partial charge in [-0.05, 0) is 75.6 Å². The third kappa shape index (κ3) is 5.84. The summed E-state index contributed by atoms with van der Waals surface area (Å²) < 4.78 is 12.1. The number of nitrogens with zero attached hydrogens (tertiary/aromatic N) is 2. The van der Waals surface area contributed by atoms with Gasteiger partial charge in [-0.25, -0.2) is 0 Å². The molecule has 0 unspecified atom stereocenters. The topological polar surface area (TPSA) is 43.5 Å². The number of anilines is 1. The number of thiol groups is 1. The first-order chi connectivity index (χ1) is 18.7. The largest absolute Gasteiger partial charge is 0.344 e. The van der Waals surface area contributed by atoms with Gasteiger partial charge in [0.05, 0.1) is 5.41 Å². The smallest absolute Gasteiger partial charge is 0.209 e. The Bertz CT molecular complexity index is 1350. The second-order valence-corrected chi connectivity index (χ2v) is 12.5. The number of carbonyl (C=O) groups is 1. The highest BCUT2D eigenvalue weighted by Crippen LogP contribution is 2.48. The maximum absolute atomic E-state index is 10.7. The number of hydrogen-bond donors (Lipinski definition) is 2. The monoisotopic (exact) mass is 561 g/mol. The summed E-state index contributed by atoms with van der Waals surface area (Å²) in [6.45, 7) is 13.1. The van der Waals surface area contributed by atoms with Gasteiger partial charge in [0.1, 0.15) is 12.8 Å². The van der Waals surface area contributed by atoms with Crippen molar-refractivity contribution in [1.82, 2.24) is 0 Å². The Morgan fingerprint density at radius 2 is 1.77 bits per heavy atom. The van der Waals surface area contributed by atoms with Gasteiger partial charge in [-0.1, -0.05) is 32.1 Å². The molecule has 0 amide bonds. The molecule has 0 spiro atoms. The zero-order chi connectivity index (χ0) is 28.2. The number of fused-ring (bicyclic) bond motifs is 2. The lowest BCUT2D eigenvalue weighted by atomic mass is 9.81. The summed E-state index contributed by atoms with van der Waals surface area (Å²) in [5.74, 6) is 0. The maximum Gasteiger partial charge on any atom is 0.209 e. The van der Waals surface area contributed by atoms with E-state index < -0.39 is 0 Å². The van der Waals surface area contributed by atoms with Crippen molar-refractivity contribution in [3.63, 3.8) is 0 Å². The summed E-state index contributed by atoms with van der Waals surface area (Å²) >= 11 is 5.38. The number of allylic oxidation sites excluding steroid dienone is 6. The van der Waals surface area contributed by atoms with Crippen LogP contribution in [0.25, 0.3) is 0 Å². The van der Waals surface area contributed by atoms with E-state index in [1.165, 1.54) is 33.9 Å². The lowest BCUT2D eigenvalue weighted by molar-refractivity contribution is -0.438. The Morgan fingerprint density at radius 1 is 0.974 bits per heavy atom. The first-order valence-electron chi connectivity index (χ1n) is 13.9. The van der Waals surface area contributed by atoms with Gasteiger partial charge in [-0.3, -0.25) is 0 Å². The van der Waals surface area contributed by atoms with E-state index in [9.17, 15) is 9.35 Å². The highest BCUT2D eigenvalue weighted by molar-refractivity contribution is 7.93. The van der Waals surface area contributed by atoms with E-state index in [-0.39, 0.29) is 10.8 Å². The molecule has 6 heteroatoms. The zero-order valence-corrected chi connectivity index (χ0v) is 25.5. The van der Waals surface area contributed by atoms with Crippen LogP contribution in [0.4, 0.5) is 11.4 Å². The number of carbonyl (C=O) groups excluding carboxylic acids is 1. The summed E-state index contributed by atoms with van der Waals surface area (Å²) in [7, 11) is 0. The molecule has 0 bridgehead atoms. The average molecular weight is 562 g/mol. The van der Waals surface area contributed by atoms with E-state index in [4.69, 9.17) is 0 Å². The second kappa shape index (κ2) is 12.3. The molecule has 0 radical (unpaired) electrons. The minimum atomic E-state index is -0.189. The number of unbranched alkanes of at least 4 members (excludes halogenated alkanes) is 3. The number of aldehydes is 1. The summed E-state index contributed by atoms with van der Waals surface area (Å²) in [4.78, 5) is 15.0. The molecule has 1 N–H and O–H groups in total. The van der Waals surface area contributed by atoms with E-state index in [0.29, 0.717) is 6.42 Å². The molecule has 0 saturated carbocycles. The number of likely N-dealkylation sites (N-methyl/N-ethyl adjacent to an activating group) is 1. The molecule has 0 atom stereocenters. The normalized spacial score (nSPS) is 18.5. The van der Waals surface area contributed by atoms with Crippen LogP contribution in [-0.4, -0.2) is 34.2 Å². The van der Waals surface area contributed by atoms with Crippen LogP contribution in [0.5, 0.6) is 0 Å². The molecular formula is C33H41N2O2S2+. The lowest BCUT2D eigenvalue weighted by Gasteiger charge is -2.25. The molecule has 206 valence electrons. The van der Waals surface area contributed by atoms with Gasteiger partial charge >= 0.3 is 0 Å². The Labute approximate surface area is 243 Å². The fourth-order valence-electron chi connectivity index (χ4n) is 5.99. The molecular weight excluding hydrogens is 521 g/mol. The predicted molar refractivity (Wildman–Crippen MR) is 168 cm³/mol. The predicted octanol–water partition coefficient (Wildman–Crippen LogP) is 8.49. The third-order valence-electron chi connectivity index (χ3n) is 8.09. The molecule has 0 aliphatic carbocycles. The molecule has 4 rings (SSSR count). The Kier molecular flexibility index (Phi) is 9.30. The van der Waals surface area contributed by atoms with Crippen molar-refractivity contribution in [1.29, 1.82) is 0 Å². The molecule has 0 aromatic heterocycles. The quantitative estimate of drug-likeness (QED) is 0.0721. The average Bonchev–Trinajstić information content (AvgIpc) is 3.26. The summed E-state index contributed by atoms with van der Waals surface area (Å²) in [6, 6.07) is 12.6. The SMILES string of the molecule is CCN1/C(=C/C=C/C=C/C2=[N+](CCCCCC=O)c3ccc(SO)cc3C2(C)C)C(C)(C)c2cc(S)ccc21. The van der Waals surface area contributed by atoms with E-state index in [2.05, 4.69) is 117 Å². The van der Waals surface area contributed by atoms with Crippen LogP contribution in [-0.2, 0) is 15.6 Å². The van der Waals surface area contributed by atoms with Gasteiger partial charge in [-0.2, -0.15) is 4.58 Å². The van der Waals surface area contributed by atoms with Gasteiger partial charge in [0.25, 0.3) is 0 Å². The van der Waals surface area contributed by atoms with Crippen molar-refractivity contribution in [2.24, 2.45) is 0 Å². The molecule has 0 saturated heterocycles. The molecule has 0 fully saturated rings. The second-order valence-electron chi connectivity index (χ2n) is 11.3. The van der Waals surface area contributed by atoms with E-state index in [1.54, 1.807) is 0 Å². The van der Waals surface area contributed by atoms with Gasteiger partial charge in [0.15, 0.2) is 5.71 Å². The first-order valence-corrected chi connectivity index (χ1v) is 15.1. The molecule has 2 aliphatic rings. The molecule has 2 aromatic carbocycles. The molecule has 4 nitrogen and oxygen atoms in total. The number of hydrogen-bond acceptors (Lipinski definition) is 5. The van der Waals surface area contributed by atoms with Crippen molar-refractivity contribution >= 4 is 48.0 Å². The van der Waals surface area contributed by atoms with E-state index in [0.717, 1.165) is 60.5 Å². The zero-order valence-electron chi connectivity index (χ0n) is 23.8. The molecule has 2 heterocycles. The fourth-order valence-corrected chi connectivity index (χ4v) is 6.49. The van der Waals surface area contributed by atoms with Crippen LogP contribution in [0.15, 0.2) is 82.3 Å². The minimum absolute atomic E-state index is 0.0922. The van der Waals surface area contributed by atoms with Gasteiger partial charge < -0.3 is 14.2 Å². The van der Waals surface area contributed by atoms with Crippen molar-refractivity contribution < 1.29 is 13.9 Å². The first kappa shape index (κ1) is 29.4. The lowest BCUT2D eigenvalue weighted by Crippen LogP contribution is -2.28. The summed E-state index contributed by atoms with van der Waals surface area (Å²) in [5, 5.41) is 0. The standard InChI is InChI=1S/C33H40N2O2S2/c1-6-34-28-18-16-24(38)22-26(28)32(2,3)30(34)14-10-9-11-15-31-33(4,5)27-23-25(39-37)17-19-29(27)35(31)20-12-7-8-13-21-36/h9-11,14-19,21-23H,6-8,12-13,20H2,1-5H3,(H-,37,38)/p+1.